The van der Waals surface area contributed by atoms with E-state index in [0.29, 0.717) is 22.4 Å². The van der Waals surface area contributed by atoms with Gasteiger partial charge in [-0.25, -0.2) is 0 Å². The van der Waals surface area contributed by atoms with Crippen LogP contribution in [0.4, 0.5) is 0 Å². The molecule has 0 aliphatic heterocycles. The first kappa shape index (κ1) is 13.8. The van der Waals surface area contributed by atoms with Crippen LogP contribution in [0, 0.1) is 0 Å². The summed E-state index contributed by atoms with van der Waals surface area (Å²) >= 11 is 0. The second-order valence-electron chi connectivity index (χ2n) is 4.33. The van der Waals surface area contributed by atoms with Gasteiger partial charge < -0.3 is 9.84 Å². The van der Waals surface area contributed by atoms with Crippen LogP contribution in [0.1, 0.15) is 21.5 Å². The Balaban J connectivity index is 2.17. The average molecular weight is 270 g/mol. The molecule has 2 aromatic rings. The fourth-order valence-corrected chi connectivity index (χ4v) is 1.86. The Kier molecular flexibility index (Phi) is 4.15. The number of methoxy groups -OCH3 is 1. The Labute approximate surface area is 116 Å². The zero-order valence-corrected chi connectivity index (χ0v) is 11.0. The summed E-state index contributed by atoms with van der Waals surface area (Å²) in [5, 5.41) is 8.69. The van der Waals surface area contributed by atoms with Crippen molar-refractivity contribution in [2.24, 2.45) is 0 Å². The highest BCUT2D eigenvalue weighted by Crippen LogP contribution is 2.15. The molecular formula is C16H14O4. The van der Waals surface area contributed by atoms with E-state index in [4.69, 9.17) is 9.84 Å². The van der Waals surface area contributed by atoms with E-state index in [1.54, 1.807) is 55.6 Å². The lowest BCUT2D eigenvalue weighted by atomic mass is 10.0. The van der Waals surface area contributed by atoms with Crippen molar-refractivity contribution in [2.45, 2.75) is 6.42 Å². The van der Waals surface area contributed by atoms with Crippen molar-refractivity contribution in [3.8, 4) is 5.75 Å². The second kappa shape index (κ2) is 6.02. The van der Waals surface area contributed by atoms with Gasteiger partial charge in [0.05, 0.1) is 13.5 Å². The molecule has 0 unspecified atom stereocenters. The van der Waals surface area contributed by atoms with Crippen molar-refractivity contribution < 1.29 is 19.4 Å². The highest BCUT2D eigenvalue weighted by atomic mass is 16.5. The van der Waals surface area contributed by atoms with E-state index >= 15 is 0 Å². The lowest BCUT2D eigenvalue weighted by Crippen LogP contribution is -2.03. The number of carboxylic acid groups (broad SMARTS) is 1. The van der Waals surface area contributed by atoms with Gasteiger partial charge in [-0.1, -0.05) is 24.3 Å². The molecule has 1 N–H and O–H groups in total. The van der Waals surface area contributed by atoms with E-state index in [-0.39, 0.29) is 12.2 Å². The van der Waals surface area contributed by atoms with Gasteiger partial charge in [0.25, 0.3) is 0 Å². The third-order valence-corrected chi connectivity index (χ3v) is 2.92. The number of benzene rings is 2. The predicted octanol–water partition coefficient (Wildman–Crippen LogP) is 2.55. The van der Waals surface area contributed by atoms with Crippen molar-refractivity contribution in [3.63, 3.8) is 0 Å². The molecule has 20 heavy (non-hydrogen) atoms. The van der Waals surface area contributed by atoms with Gasteiger partial charge >= 0.3 is 5.97 Å². The van der Waals surface area contributed by atoms with Crippen LogP contribution in [-0.2, 0) is 11.2 Å². The smallest absolute Gasteiger partial charge is 0.307 e. The largest absolute Gasteiger partial charge is 0.497 e. The summed E-state index contributed by atoms with van der Waals surface area (Å²) in [5.74, 6) is -0.299. The molecule has 102 valence electrons. The normalized spacial score (nSPS) is 10.1. The third-order valence-electron chi connectivity index (χ3n) is 2.92. The predicted molar refractivity (Wildman–Crippen MR) is 74.2 cm³/mol. The molecule has 0 aliphatic rings. The third kappa shape index (κ3) is 3.23. The summed E-state index contributed by atoms with van der Waals surface area (Å²) in [7, 11) is 1.57. The summed E-state index contributed by atoms with van der Waals surface area (Å²) in [6, 6.07) is 13.5. The Morgan fingerprint density at radius 3 is 1.90 bits per heavy atom. The molecule has 0 radical (unpaired) electrons. The maximum atomic E-state index is 12.2. The van der Waals surface area contributed by atoms with E-state index < -0.39 is 5.97 Å². The maximum absolute atomic E-state index is 12.2. The fourth-order valence-electron chi connectivity index (χ4n) is 1.86. The molecule has 0 aliphatic carbocycles. The number of hydrogen-bond donors (Lipinski definition) is 1. The zero-order chi connectivity index (χ0) is 14.5. The van der Waals surface area contributed by atoms with Crippen LogP contribution < -0.4 is 4.74 Å². The number of rotatable bonds is 5. The minimum absolute atomic E-state index is 0.0446. The SMILES string of the molecule is COc1ccc(C(=O)c2ccc(CC(=O)O)cc2)cc1. The highest BCUT2D eigenvalue weighted by molar-refractivity contribution is 6.09. The van der Waals surface area contributed by atoms with Crippen molar-refractivity contribution in [1.82, 2.24) is 0 Å². The summed E-state index contributed by atoms with van der Waals surface area (Å²) in [6.07, 6.45) is -0.0446. The molecule has 2 aromatic carbocycles. The quantitative estimate of drug-likeness (QED) is 0.848. The molecule has 0 saturated carbocycles. The molecule has 0 spiro atoms. The maximum Gasteiger partial charge on any atom is 0.307 e. The topological polar surface area (TPSA) is 63.6 Å². The van der Waals surface area contributed by atoms with Crippen molar-refractivity contribution in [3.05, 3.63) is 65.2 Å². The van der Waals surface area contributed by atoms with E-state index in [9.17, 15) is 9.59 Å². The number of carbonyl (C=O) groups excluding carboxylic acids is 1. The van der Waals surface area contributed by atoms with E-state index in [0.717, 1.165) is 0 Å². The van der Waals surface area contributed by atoms with Gasteiger partial charge in [-0.15, -0.1) is 0 Å². The highest BCUT2D eigenvalue weighted by Gasteiger charge is 2.09. The Bertz CT molecular complexity index is 612. The van der Waals surface area contributed by atoms with Gasteiger partial charge in [0.2, 0.25) is 0 Å². The molecule has 0 saturated heterocycles. The zero-order valence-electron chi connectivity index (χ0n) is 11.0. The minimum Gasteiger partial charge on any atom is -0.497 e. The Morgan fingerprint density at radius 1 is 0.950 bits per heavy atom. The first-order valence-corrected chi connectivity index (χ1v) is 6.09. The standard InChI is InChI=1S/C16H14O4/c1-20-14-8-6-13(7-9-14)16(19)12-4-2-11(3-5-12)10-15(17)18/h2-9H,10H2,1H3,(H,17,18). The lowest BCUT2D eigenvalue weighted by molar-refractivity contribution is -0.136. The molecule has 0 amide bonds. The molecule has 4 nitrogen and oxygen atoms in total. The molecule has 0 bridgehead atoms. The number of ether oxygens (including phenoxy) is 1. The van der Waals surface area contributed by atoms with Gasteiger partial charge in [0.15, 0.2) is 5.78 Å². The molecule has 4 heteroatoms. The van der Waals surface area contributed by atoms with Gasteiger partial charge in [0.1, 0.15) is 5.75 Å². The molecule has 0 aromatic heterocycles. The van der Waals surface area contributed by atoms with Crippen LogP contribution in [0.15, 0.2) is 48.5 Å². The van der Waals surface area contributed by atoms with Gasteiger partial charge in [0, 0.05) is 11.1 Å². The summed E-state index contributed by atoms with van der Waals surface area (Å²) in [5.41, 5.74) is 1.77. The Morgan fingerprint density at radius 2 is 1.45 bits per heavy atom. The first-order valence-electron chi connectivity index (χ1n) is 6.09. The Hall–Kier alpha value is -2.62. The fraction of sp³-hybridized carbons (Fsp3) is 0.125. The summed E-state index contributed by atoms with van der Waals surface area (Å²) < 4.78 is 5.04. The van der Waals surface area contributed by atoms with Gasteiger partial charge in [-0.3, -0.25) is 9.59 Å². The van der Waals surface area contributed by atoms with Gasteiger partial charge in [-0.05, 0) is 29.8 Å². The summed E-state index contributed by atoms with van der Waals surface area (Å²) in [6.45, 7) is 0. The van der Waals surface area contributed by atoms with Gasteiger partial charge in [-0.2, -0.15) is 0 Å². The monoisotopic (exact) mass is 270 g/mol. The van der Waals surface area contributed by atoms with Crippen LogP contribution in [0.2, 0.25) is 0 Å². The van der Waals surface area contributed by atoms with Crippen LogP contribution >= 0.6 is 0 Å². The second-order valence-corrected chi connectivity index (χ2v) is 4.33. The van der Waals surface area contributed by atoms with E-state index in [1.807, 2.05) is 0 Å². The average Bonchev–Trinajstić information content (AvgIpc) is 2.47. The lowest BCUT2D eigenvalue weighted by Gasteiger charge is -2.04. The van der Waals surface area contributed by atoms with E-state index in [1.165, 1.54) is 0 Å². The number of hydrogen-bond acceptors (Lipinski definition) is 3. The first-order chi connectivity index (χ1) is 9.60. The van der Waals surface area contributed by atoms with Crippen molar-refractivity contribution in [2.75, 3.05) is 7.11 Å². The number of carbonyl (C=O) groups is 2. The van der Waals surface area contributed by atoms with Crippen LogP contribution in [0.5, 0.6) is 5.75 Å². The minimum atomic E-state index is -0.890. The summed E-state index contributed by atoms with van der Waals surface area (Å²) in [4.78, 5) is 22.8. The number of ketones is 1. The van der Waals surface area contributed by atoms with Crippen LogP contribution in [0.25, 0.3) is 0 Å². The van der Waals surface area contributed by atoms with Crippen molar-refractivity contribution in [1.29, 1.82) is 0 Å². The van der Waals surface area contributed by atoms with E-state index in [2.05, 4.69) is 0 Å². The molecular weight excluding hydrogens is 256 g/mol. The molecule has 0 heterocycles. The number of aliphatic carboxylic acids is 1. The molecule has 0 fully saturated rings. The van der Waals surface area contributed by atoms with Crippen LogP contribution in [-0.4, -0.2) is 24.0 Å². The number of carboxylic acids is 1. The molecule has 2 rings (SSSR count). The van der Waals surface area contributed by atoms with Crippen molar-refractivity contribution >= 4 is 11.8 Å². The van der Waals surface area contributed by atoms with Crippen LogP contribution in [0.3, 0.4) is 0 Å². The molecule has 0 atom stereocenters.